The number of nitrogens with one attached hydrogen (secondary N) is 2. The molecule has 0 aliphatic heterocycles. The summed E-state index contributed by atoms with van der Waals surface area (Å²) in [5.41, 5.74) is 4.98. The first kappa shape index (κ1) is 19.9. The van der Waals surface area contributed by atoms with Crippen molar-refractivity contribution in [3.63, 3.8) is 0 Å². The van der Waals surface area contributed by atoms with Crippen LogP contribution in [0.1, 0.15) is 48.9 Å². The number of hydrogen-bond donors (Lipinski definition) is 2. The lowest BCUT2D eigenvalue weighted by Gasteiger charge is -2.35. The molecular formula is C25H27N5. The third-order valence-electron chi connectivity index (χ3n) is 5.60. The molecule has 0 amide bonds. The first-order valence-electron chi connectivity index (χ1n) is 10.5. The van der Waals surface area contributed by atoms with E-state index in [-0.39, 0.29) is 5.54 Å². The molecule has 0 radical (unpaired) electrons. The summed E-state index contributed by atoms with van der Waals surface area (Å²) in [7, 11) is 0. The molecule has 0 unspecified atom stereocenters. The molecule has 5 nitrogen and oxygen atoms in total. The minimum absolute atomic E-state index is 0.252. The highest BCUT2D eigenvalue weighted by atomic mass is 15.0. The number of aryl methyl sites for hydroxylation is 1. The SMILES string of the molecule is Cc1ccncc1NCc1ccncc1NC1(C#Cc2ccccn2)CCCCC1. The highest BCUT2D eigenvalue weighted by Crippen LogP contribution is 2.32. The van der Waals surface area contributed by atoms with Crippen LogP contribution in [0.25, 0.3) is 0 Å². The van der Waals surface area contributed by atoms with Gasteiger partial charge >= 0.3 is 0 Å². The van der Waals surface area contributed by atoms with Gasteiger partial charge in [-0.25, -0.2) is 4.98 Å². The Hall–Kier alpha value is -3.39. The molecule has 0 spiro atoms. The van der Waals surface area contributed by atoms with Crippen LogP contribution in [-0.2, 0) is 6.54 Å². The number of anilines is 2. The average molecular weight is 398 g/mol. The standard InChI is InChI=1S/C25H27N5/c1-20-9-15-26-18-23(20)29-17-21-10-16-27-19-24(21)30-25(11-4-2-5-12-25)13-8-22-7-3-6-14-28-22/h3,6-7,9-10,14-16,18-19,29-30H,2,4-5,11-12,17H2,1H3. The Bertz CT molecular complexity index is 1030. The number of aromatic nitrogens is 3. The van der Waals surface area contributed by atoms with Crippen LogP contribution in [0.5, 0.6) is 0 Å². The molecule has 1 fully saturated rings. The summed E-state index contributed by atoms with van der Waals surface area (Å²) >= 11 is 0. The van der Waals surface area contributed by atoms with Gasteiger partial charge in [0.15, 0.2) is 0 Å². The van der Waals surface area contributed by atoms with Crippen LogP contribution in [0.15, 0.2) is 61.3 Å². The molecule has 5 heteroatoms. The van der Waals surface area contributed by atoms with E-state index in [9.17, 15) is 0 Å². The van der Waals surface area contributed by atoms with Gasteiger partial charge in [-0.15, -0.1) is 0 Å². The molecule has 2 N–H and O–H groups in total. The lowest BCUT2D eigenvalue weighted by Crippen LogP contribution is -2.39. The minimum atomic E-state index is -0.252. The van der Waals surface area contributed by atoms with Gasteiger partial charge in [0.1, 0.15) is 5.69 Å². The molecule has 3 heterocycles. The normalized spacial score (nSPS) is 15.0. The Morgan fingerprint density at radius 2 is 1.73 bits per heavy atom. The molecule has 3 aromatic heterocycles. The van der Waals surface area contributed by atoms with Gasteiger partial charge < -0.3 is 10.6 Å². The zero-order valence-corrected chi connectivity index (χ0v) is 17.4. The molecule has 4 rings (SSSR count). The first-order valence-corrected chi connectivity index (χ1v) is 10.5. The van der Waals surface area contributed by atoms with Crippen LogP contribution in [0.4, 0.5) is 11.4 Å². The van der Waals surface area contributed by atoms with Crippen LogP contribution in [-0.4, -0.2) is 20.5 Å². The summed E-state index contributed by atoms with van der Waals surface area (Å²) in [5, 5.41) is 7.27. The summed E-state index contributed by atoms with van der Waals surface area (Å²) in [6.07, 6.45) is 14.9. The Labute approximate surface area is 178 Å². The van der Waals surface area contributed by atoms with Crippen LogP contribution in [0, 0.1) is 18.8 Å². The minimum Gasteiger partial charge on any atom is -0.379 e. The average Bonchev–Trinajstić information content (AvgIpc) is 2.79. The van der Waals surface area contributed by atoms with Gasteiger partial charge in [0.05, 0.1) is 29.3 Å². The van der Waals surface area contributed by atoms with Gasteiger partial charge in [0.25, 0.3) is 0 Å². The van der Waals surface area contributed by atoms with Crippen molar-refractivity contribution in [1.82, 2.24) is 15.0 Å². The van der Waals surface area contributed by atoms with Crippen molar-refractivity contribution in [1.29, 1.82) is 0 Å². The van der Waals surface area contributed by atoms with Crippen molar-refractivity contribution < 1.29 is 0 Å². The van der Waals surface area contributed by atoms with E-state index in [2.05, 4.69) is 50.4 Å². The van der Waals surface area contributed by atoms with E-state index in [1.165, 1.54) is 24.8 Å². The molecule has 0 bridgehead atoms. The molecular weight excluding hydrogens is 370 g/mol. The van der Waals surface area contributed by atoms with Crippen molar-refractivity contribution in [3.05, 3.63) is 78.1 Å². The van der Waals surface area contributed by atoms with E-state index in [4.69, 9.17) is 0 Å². The lowest BCUT2D eigenvalue weighted by molar-refractivity contribution is 0.395. The van der Waals surface area contributed by atoms with Crippen molar-refractivity contribution in [3.8, 4) is 11.8 Å². The third-order valence-corrected chi connectivity index (χ3v) is 5.60. The predicted molar refractivity (Wildman–Crippen MR) is 121 cm³/mol. The molecule has 1 aliphatic carbocycles. The zero-order chi connectivity index (χ0) is 20.7. The molecule has 0 aromatic carbocycles. The van der Waals surface area contributed by atoms with Gasteiger partial charge in [0.2, 0.25) is 0 Å². The highest BCUT2D eigenvalue weighted by Gasteiger charge is 2.30. The largest absolute Gasteiger partial charge is 0.379 e. The van der Waals surface area contributed by atoms with E-state index in [1.54, 1.807) is 6.20 Å². The Kier molecular flexibility index (Phi) is 6.24. The Balaban J connectivity index is 1.56. The van der Waals surface area contributed by atoms with Crippen LogP contribution in [0.3, 0.4) is 0 Å². The van der Waals surface area contributed by atoms with Crippen molar-refractivity contribution in [2.75, 3.05) is 10.6 Å². The Morgan fingerprint density at radius 3 is 2.50 bits per heavy atom. The second-order valence-electron chi connectivity index (χ2n) is 7.81. The summed E-state index contributed by atoms with van der Waals surface area (Å²) in [4.78, 5) is 13.0. The first-order chi connectivity index (χ1) is 14.7. The summed E-state index contributed by atoms with van der Waals surface area (Å²) in [5.74, 6) is 6.82. The van der Waals surface area contributed by atoms with Gasteiger partial charge in [0, 0.05) is 25.1 Å². The third kappa shape index (κ3) is 4.96. The highest BCUT2D eigenvalue weighted by molar-refractivity contribution is 5.56. The van der Waals surface area contributed by atoms with Crippen LogP contribution in [0.2, 0.25) is 0 Å². The maximum atomic E-state index is 4.37. The molecule has 30 heavy (non-hydrogen) atoms. The molecule has 0 saturated heterocycles. The van der Waals surface area contributed by atoms with E-state index < -0.39 is 0 Å². The molecule has 1 aliphatic rings. The van der Waals surface area contributed by atoms with Gasteiger partial charge in [-0.3, -0.25) is 9.97 Å². The molecule has 0 atom stereocenters. The topological polar surface area (TPSA) is 62.7 Å². The monoisotopic (exact) mass is 397 g/mol. The predicted octanol–water partition coefficient (Wildman–Crippen LogP) is 4.96. The van der Waals surface area contributed by atoms with Crippen molar-refractivity contribution >= 4 is 11.4 Å². The fourth-order valence-electron chi connectivity index (χ4n) is 3.84. The second kappa shape index (κ2) is 9.41. The molecule has 3 aromatic rings. The van der Waals surface area contributed by atoms with Crippen LogP contribution < -0.4 is 10.6 Å². The molecule has 152 valence electrons. The van der Waals surface area contributed by atoms with E-state index in [0.717, 1.165) is 35.5 Å². The van der Waals surface area contributed by atoms with Gasteiger partial charge in [-0.05, 0) is 61.1 Å². The van der Waals surface area contributed by atoms with Gasteiger partial charge in [-0.2, -0.15) is 0 Å². The number of hydrogen-bond acceptors (Lipinski definition) is 5. The maximum Gasteiger partial charge on any atom is 0.113 e. The fraction of sp³-hybridized carbons (Fsp3) is 0.320. The quantitative estimate of drug-likeness (QED) is 0.596. The van der Waals surface area contributed by atoms with E-state index in [1.807, 2.05) is 49.1 Å². The number of pyridine rings is 3. The van der Waals surface area contributed by atoms with E-state index >= 15 is 0 Å². The van der Waals surface area contributed by atoms with Crippen LogP contribution >= 0.6 is 0 Å². The summed E-state index contributed by atoms with van der Waals surface area (Å²) in [6.45, 7) is 2.78. The number of nitrogens with zero attached hydrogens (tertiary/aromatic N) is 3. The fourth-order valence-corrected chi connectivity index (χ4v) is 3.84. The molecule has 1 saturated carbocycles. The maximum absolute atomic E-state index is 4.37. The van der Waals surface area contributed by atoms with Crippen molar-refractivity contribution in [2.24, 2.45) is 0 Å². The summed E-state index contributed by atoms with van der Waals surface area (Å²) in [6, 6.07) is 9.92. The van der Waals surface area contributed by atoms with E-state index in [0.29, 0.717) is 6.54 Å². The second-order valence-corrected chi connectivity index (χ2v) is 7.81. The van der Waals surface area contributed by atoms with Gasteiger partial charge in [-0.1, -0.05) is 31.2 Å². The number of rotatable bonds is 5. The smallest absolute Gasteiger partial charge is 0.113 e. The van der Waals surface area contributed by atoms with Crippen molar-refractivity contribution in [2.45, 2.75) is 51.1 Å². The Morgan fingerprint density at radius 1 is 0.933 bits per heavy atom. The lowest BCUT2D eigenvalue weighted by atomic mass is 9.81. The summed E-state index contributed by atoms with van der Waals surface area (Å²) < 4.78 is 0. The zero-order valence-electron chi connectivity index (χ0n) is 17.4.